The van der Waals surface area contributed by atoms with E-state index in [4.69, 9.17) is 14.5 Å². The highest BCUT2D eigenvalue weighted by Gasteiger charge is 2.15. The molecule has 0 atom stereocenters. The number of carbonyl (C=O) groups excluding carboxylic acids is 1. The maximum Gasteiger partial charge on any atom is 0.258 e. The molecule has 3 rings (SSSR count). The molecule has 0 saturated carbocycles. The minimum Gasteiger partial charge on any atom is -0.490 e. The van der Waals surface area contributed by atoms with E-state index in [1.54, 1.807) is 18.2 Å². The number of guanidine groups is 1. The average Bonchev–Trinajstić information content (AvgIpc) is 3.06. The number of nitrogens with one attached hydrogen (secondary N) is 2. The number of anilines is 1. The van der Waals surface area contributed by atoms with Crippen LogP contribution in [0.1, 0.15) is 52.3 Å². The summed E-state index contributed by atoms with van der Waals surface area (Å²) in [6, 6.07) is 11.2. The molecule has 0 fully saturated rings. The summed E-state index contributed by atoms with van der Waals surface area (Å²) in [7, 11) is 1.91. The zero-order chi connectivity index (χ0) is 25.5. The number of carbonyl (C=O) groups is 1. The number of aromatic nitrogens is 2. The van der Waals surface area contributed by atoms with Crippen molar-refractivity contribution < 1.29 is 14.3 Å². The Hall–Kier alpha value is -3.81. The monoisotopic (exact) mass is 477 g/mol. The molecule has 1 amide bonds. The normalized spacial score (nSPS) is 11.3. The topological polar surface area (TPSA) is 89.8 Å². The molecule has 0 bridgehead atoms. The zero-order valence-corrected chi connectivity index (χ0v) is 21.7. The minimum atomic E-state index is -0.301. The Bertz CT molecular complexity index is 1230. The minimum absolute atomic E-state index is 0.301. The Labute approximate surface area is 207 Å². The van der Waals surface area contributed by atoms with Crippen LogP contribution >= 0.6 is 0 Å². The zero-order valence-electron chi connectivity index (χ0n) is 21.7. The quantitative estimate of drug-likeness (QED) is 0.358. The summed E-state index contributed by atoms with van der Waals surface area (Å²) < 4.78 is 13.1. The van der Waals surface area contributed by atoms with Gasteiger partial charge in [0.1, 0.15) is 0 Å². The molecular formula is C27H35N5O3. The largest absolute Gasteiger partial charge is 0.490 e. The molecule has 0 aliphatic carbocycles. The number of benzene rings is 2. The van der Waals surface area contributed by atoms with Crippen molar-refractivity contribution in [1.82, 2.24) is 15.1 Å². The Morgan fingerprint density at radius 3 is 2.34 bits per heavy atom. The molecule has 0 unspecified atom stereocenters. The van der Waals surface area contributed by atoms with Crippen LogP contribution in [0.25, 0.3) is 0 Å². The summed E-state index contributed by atoms with van der Waals surface area (Å²) in [5, 5.41) is 10.7. The number of hydrogen-bond acceptors (Lipinski definition) is 5. The van der Waals surface area contributed by atoms with Gasteiger partial charge in [-0.3, -0.25) is 14.8 Å². The van der Waals surface area contributed by atoms with Gasteiger partial charge in [-0.15, -0.1) is 0 Å². The van der Waals surface area contributed by atoms with E-state index in [9.17, 15) is 4.79 Å². The van der Waals surface area contributed by atoms with Crippen LogP contribution in [-0.2, 0) is 13.6 Å². The summed E-state index contributed by atoms with van der Waals surface area (Å²) in [5.74, 6) is 1.20. The van der Waals surface area contributed by atoms with E-state index in [-0.39, 0.29) is 5.91 Å². The van der Waals surface area contributed by atoms with Gasteiger partial charge in [-0.2, -0.15) is 5.10 Å². The fourth-order valence-electron chi connectivity index (χ4n) is 3.77. The second kappa shape index (κ2) is 11.6. The van der Waals surface area contributed by atoms with E-state index >= 15 is 0 Å². The van der Waals surface area contributed by atoms with E-state index < -0.39 is 0 Å². The SMILES string of the molecule is CCOc1ccc(C(=O)NC(=NCc2c(C)nn(C)c2C)Nc2ccc(C)cc2C)cc1OCC. The average molecular weight is 478 g/mol. The molecule has 2 aromatic carbocycles. The van der Waals surface area contributed by atoms with Gasteiger partial charge < -0.3 is 14.8 Å². The first-order valence-electron chi connectivity index (χ1n) is 11.8. The smallest absolute Gasteiger partial charge is 0.258 e. The lowest BCUT2D eigenvalue weighted by Crippen LogP contribution is -2.36. The molecule has 1 aromatic heterocycles. The standard InChI is InChI=1S/C27H35N5O3/c1-8-34-24-13-11-21(15-25(24)35-9-2)26(33)30-27(29-23-12-10-17(3)14-18(23)4)28-16-22-19(5)31-32(7)20(22)6/h10-15H,8-9,16H2,1-7H3,(H2,28,29,30,33). The summed E-state index contributed by atoms with van der Waals surface area (Å²) in [5.41, 5.74) is 6.52. The Balaban J connectivity index is 1.91. The second-order valence-electron chi connectivity index (χ2n) is 8.36. The second-order valence-corrected chi connectivity index (χ2v) is 8.36. The van der Waals surface area contributed by atoms with Crippen LogP contribution < -0.4 is 20.1 Å². The third-order valence-electron chi connectivity index (χ3n) is 5.73. The Kier molecular flexibility index (Phi) is 8.52. The molecule has 186 valence electrons. The van der Waals surface area contributed by atoms with Gasteiger partial charge in [0.25, 0.3) is 5.91 Å². The first-order valence-corrected chi connectivity index (χ1v) is 11.8. The van der Waals surface area contributed by atoms with Crippen molar-refractivity contribution in [2.24, 2.45) is 12.0 Å². The van der Waals surface area contributed by atoms with Crippen LogP contribution in [0.2, 0.25) is 0 Å². The van der Waals surface area contributed by atoms with Crippen molar-refractivity contribution >= 4 is 17.6 Å². The highest BCUT2D eigenvalue weighted by atomic mass is 16.5. The molecule has 35 heavy (non-hydrogen) atoms. The van der Waals surface area contributed by atoms with Gasteiger partial charge in [0.15, 0.2) is 11.5 Å². The highest BCUT2D eigenvalue weighted by Crippen LogP contribution is 2.28. The molecule has 8 nitrogen and oxygen atoms in total. The van der Waals surface area contributed by atoms with Crippen LogP contribution in [0.5, 0.6) is 11.5 Å². The molecular weight excluding hydrogens is 442 g/mol. The van der Waals surface area contributed by atoms with E-state index in [1.807, 2.05) is 65.4 Å². The van der Waals surface area contributed by atoms with Gasteiger partial charge in [0.2, 0.25) is 5.96 Å². The van der Waals surface area contributed by atoms with Crippen molar-refractivity contribution in [2.75, 3.05) is 18.5 Å². The number of hydrogen-bond donors (Lipinski definition) is 2. The van der Waals surface area contributed by atoms with Gasteiger partial charge in [-0.1, -0.05) is 17.7 Å². The van der Waals surface area contributed by atoms with Gasteiger partial charge in [0.05, 0.1) is 25.5 Å². The predicted octanol–water partition coefficient (Wildman–Crippen LogP) is 4.85. The molecule has 8 heteroatoms. The van der Waals surface area contributed by atoms with Crippen LogP contribution in [-0.4, -0.2) is 34.9 Å². The highest BCUT2D eigenvalue weighted by molar-refractivity contribution is 6.10. The molecule has 2 N–H and O–H groups in total. The number of nitrogens with zero attached hydrogens (tertiary/aromatic N) is 3. The molecule has 3 aromatic rings. The van der Waals surface area contributed by atoms with E-state index in [2.05, 4.69) is 21.8 Å². The molecule has 0 aliphatic rings. The van der Waals surface area contributed by atoms with Gasteiger partial charge >= 0.3 is 0 Å². The summed E-state index contributed by atoms with van der Waals surface area (Å²) in [6.45, 7) is 13.2. The molecule has 1 heterocycles. The number of ether oxygens (including phenoxy) is 2. The maximum atomic E-state index is 13.2. The Morgan fingerprint density at radius 1 is 1.00 bits per heavy atom. The van der Waals surface area contributed by atoms with Gasteiger partial charge in [-0.05, 0) is 71.4 Å². The fraction of sp³-hybridized carbons (Fsp3) is 0.370. The summed E-state index contributed by atoms with van der Waals surface area (Å²) in [4.78, 5) is 17.9. The number of aliphatic imine (C=N–C) groups is 1. The van der Waals surface area contributed by atoms with Crippen molar-refractivity contribution in [3.8, 4) is 11.5 Å². The number of rotatable bonds is 8. The lowest BCUT2D eigenvalue weighted by Gasteiger charge is -2.15. The van der Waals surface area contributed by atoms with Crippen LogP contribution in [0.4, 0.5) is 5.69 Å². The molecule has 0 radical (unpaired) electrons. The molecule has 0 saturated heterocycles. The first kappa shape index (κ1) is 25.8. The van der Waals surface area contributed by atoms with Crippen molar-refractivity contribution in [3.63, 3.8) is 0 Å². The third kappa shape index (κ3) is 6.41. The third-order valence-corrected chi connectivity index (χ3v) is 5.73. The number of amides is 1. The van der Waals surface area contributed by atoms with E-state index in [1.165, 1.54) is 0 Å². The fourth-order valence-corrected chi connectivity index (χ4v) is 3.77. The van der Waals surface area contributed by atoms with Gasteiger partial charge in [0, 0.05) is 29.6 Å². The van der Waals surface area contributed by atoms with Crippen molar-refractivity contribution in [2.45, 2.75) is 48.1 Å². The van der Waals surface area contributed by atoms with Crippen molar-refractivity contribution in [1.29, 1.82) is 0 Å². The van der Waals surface area contributed by atoms with Gasteiger partial charge in [-0.25, -0.2) is 4.99 Å². The Morgan fingerprint density at radius 2 is 1.71 bits per heavy atom. The molecule has 0 spiro atoms. The van der Waals surface area contributed by atoms with E-state index in [0.717, 1.165) is 33.8 Å². The van der Waals surface area contributed by atoms with E-state index in [0.29, 0.717) is 42.8 Å². The summed E-state index contributed by atoms with van der Waals surface area (Å²) in [6.07, 6.45) is 0. The lowest BCUT2D eigenvalue weighted by atomic mass is 10.1. The molecule has 0 aliphatic heterocycles. The lowest BCUT2D eigenvalue weighted by molar-refractivity contribution is 0.0976. The maximum absolute atomic E-state index is 13.2. The van der Waals surface area contributed by atoms with Crippen LogP contribution in [0.15, 0.2) is 41.4 Å². The number of aryl methyl sites for hydroxylation is 4. The van der Waals surface area contributed by atoms with Crippen LogP contribution in [0, 0.1) is 27.7 Å². The summed E-state index contributed by atoms with van der Waals surface area (Å²) >= 11 is 0. The van der Waals surface area contributed by atoms with Crippen molar-refractivity contribution in [3.05, 3.63) is 70.0 Å². The van der Waals surface area contributed by atoms with Crippen LogP contribution in [0.3, 0.4) is 0 Å². The first-order chi connectivity index (χ1) is 16.7. The predicted molar refractivity (Wildman–Crippen MR) is 140 cm³/mol.